The van der Waals surface area contributed by atoms with Crippen molar-refractivity contribution < 1.29 is 14.3 Å². The second-order valence-corrected chi connectivity index (χ2v) is 7.83. The van der Waals surface area contributed by atoms with Crippen molar-refractivity contribution in [1.82, 2.24) is 10.6 Å². The first-order valence-corrected chi connectivity index (χ1v) is 9.72. The molecule has 1 atom stereocenters. The molecule has 0 radical (unpaired) electrons. The van der Waals surface area contributed by atoms with E-state index in [9.17, 15) is 9.59 Å². The predicted molar refractivity (Wildman–Crippen MR) is 106 cm³/mol. The minimum Gasteiger partial charge on any atom is -0.489 e. The van der Waals surface area contributed by atoms with Gasteiger partial charge < -0.3 is 15.4 Å². The molecule has 5 nitrogen and oxygen atoms in total. The van der Waals surface area contributed by atoms with Gasteiger partial charge in [0.15, 0.2) is 0 Å². The van der Waals surface area contributed by atoms with Crippen LogP contribution in [-0.4, -0.2) is 24.4 Å². The van der Waals surface area contributed by atoms with Gasteiger partial charge in [-0.05, 0) is 37.1 Å². The van der Waals surface area contributed by atoms with Crippen LogP contribution in [0.5, 0.6) is 5.75 Å². The van der Waals surface area contributed by atoms with Gasteiger partial charge in [0.25, 0.3) is 5.91 Å². The quantitative estimate of drug-likeness (QED) is 0.713. The maximum atomic E-state index is 12.8. The Morgan fingerprint density at radius 3 is 2.81 bits per heavy atom. The fourth-order valence-electron chi connectivity index (χ4n) is 3.27. The molecule has 2 heterocycles. The molecule has 6 heteroatoms. The number of hydrogen-bond donors (Lipinski definition) is 2. The molecular weight excluding hydrogens is 360 g/mol. The van der Waals surface area contributed by atoms with Gasteiger partial charge in [0.1, 0.15) is 18.4 Å². The maximum Gasteiger partial charge on any atom is 0.253 e. The van der Waals surface area contributed by atoms with E-state index in [-0.39, 0.29) is 11.8 Å². The molecule has 0 bridgehead atoms. The summed E-state index contributed by atoms with van der Waals surface area (Å²) in [7, 11) is 0. The van der Waals surface area contributed by atoms with Crippen LogP contribution in [0.4, 0.5) is 0 Å². The molecule has 1 saturated heterocycles. The number of aryl methyl sites for hydroxylation is 1. The van der Waals surface area contributed by atoms with Gasteiger partial charge in [-0.1, -0.05) is 30.3 Å². The molecule has 1 aromatic heterocycles. The highest BCUT2D eigenvalue weighted by molar-refractivity contribution is 7.19. The largest absolute Gasteiger partial charge is 0.489 e. The summed E-state index contributed by atoms with van der Waals surface area (Å²) in [6.07, 6.45) is 0.622. The lowest BCUT2D eigenvalue weighted by molar-refractivity contribution is -0.120. The second kappa shape index (κ2) is 7.40. The summed E-state index contributed by atoms with van der Waals surface area (Å²) in [5.41, 5.74) is 1.71. The van der Waals surface area contributed by atoms with Crippen LogP contribution in [0.25, 0.3) is 10.1 Å². The average Bonchev–Trinajstić information content (AvgIpc) is 3.22. The highest BCUT2D eigenvalue weighted by atomic mass is 32.1. The Bertz CT molecular complexity index is 997. The van der Waals surface area contributed by atoms with Gasteiger partial charge in [0.05, 0.1) is 5.56 Å². The predicted octanol–water partition coefficient (Wildman–Crippen LogP) is 3.41. The summed E-state index contributed by atoms with van der Waals surface area (Å²) in [6.45, 7) is 3.00. The topological polar surface area (TPSA) is 67.4 Å². The lowest BCUT2D eigenvalue weighted by Crippen LogP contribution is -2.40. The van der Waals surface area contributed by atoms with Gasteiger partial charge in [-0.25, -0.2) is 0 Å². The summed E-state index contributed by atoms with van der Waals surface area (Å²) in [4.78, 5) is 25.5. The van der Waals surface area contributed by atoms with Crippen LogP contribution in [0.2, 0.25) is 0 Å². The molecule has 138 valence electrons. The Morgan fingerprint density at radius 1 is 1.26 bits per heavy atom. The molecule has 0 unspecified atom stereocenters. The number of carbonyl (C=O) groups excluding carboxylic acids is 2. The molecule has 1 fully saturated rings. The molecule has 2 amide bonds. The van der Waals surface area contributed by atoms with Crippen molar-refractivity contribution in [1.29, 1.82) is 0 Å². The third kappa shape index (κ3) is 3.66. The maximum absolute atomic E-state index is 12.8. The van der Waals surface area contributed by atoms with Crippen molar-refractivity contribution >= 4 is 33.2 Å². The zero-order valence-electron chi connectivity index (χ0n) is 15.0. The van der Waals surface area contributed by atoms with Crippen LogP contribution in [-0.2, 0) is 11.4 Å². The molecule has 2 aromatic carbocycles. The Kier molecular flexibility index (Phi) is 4.81. The van der Waals surface area contributed by atoms with Crippen LogP contribution in [0.1, 0.15) is 27.2 Å². The van der Waals surface area contributed by atoms with Crippen molar-refractivity contribution in [2.75, 3.05) is 6.54 Å². The van der Waals surface area contributed by atoms with E-state index in [0.29, 0.717) is 25.1 Å². The lowest BCUT2D eigenvalue weighted by Gasteiger charge is -2.11. The van der Waals surface area contributed by atoms with Crippen molar-refractivity contribution in [3.8, 4) is 5.75 Å². The normalized spacial score (nSPS) is 16.3. The molecule has 0 spiro atoms. The number of nitrogens with one attached hydrogen (secondary N) is 2. The fraction of sp³-hybridized carbons (Fsp3) is 0.238. The minimum atomic E-state index is -0.454. The summed E-state index contributed by atoms with van der Waals surface area (Å²) in [6, 6.07) is 15.3. The molecule has 3 aromatic rings. The second-order valence-electron chi connectivity index (χ2n) is 6.57. The Labute approximate surface area is 161 Å². The van der Waals surface area contributed by atoms with Crippen LogP contribution < -0.4 is 15.4 Å². The zero-order valence-corrected chi connectivity index (χ0v) is 15.8. The van der Waals surface area contributed by atoms with E-state index in [0.717, 1.165) is 26.3 Å². The van der Waals surface area contributed by atoms with Crippen LogP contribution in [0.3, 0.4) is 0 Å². The molecule has 4 rings (SSSR count). The smallest absolute Gasteiger partial charge is 0.253 e. The number of hydrogen-bond acceptors (Lipinski definition) is 4. The molecule has 0 aliphatic carbocycles. The van der Waals surface area contributed by atoms with Gasteiger partial charge in [-0.2, -0.15) is 0 Å². The van der Waals surface area contributed by atoms with Crippen molar-refractivity contribution in [2.24, 2.45) is 0 Å². The van der Waals surface area contributed by atoms with Crippen LogP contribution in [0.15, 0.2) is 48.5 Å². The van der Waals surface area contributed by atoms with E-state index in [1.807, 2.05) is 55.5 Å². The van der Waals surface area contributed by atoms with Gasteiger partial charge in [0.2, 0.25) is 5.91 Å². The van der Waals surface area contributed by atoms with Crippen LogP contribution in [0, 0.1) is 6.92 Å². The van der Waals surface area contributed by atoms with Gasteiger partial charge in [-0.15, -0.1) is 11.3 Å². The molecular formula is C21H20N2O3S. The highest BCUT2D eigenvalue weighted by Crippen LogP contribution is 2.33. The monoisotopic (exact) mass is 380 g/mol. The SMILES string of the molecule is Cc1sc2ccc(OCc3ccccc3)cc2c1C(=O)N[C@H]1CCNC1=O. The van der Waals surface area contributed by atoms with Gasteiger partial charge in [-0.3, -0.25) is 9.59 Å². The van der Waals surface area contributed by atoms with E-state index in [1.165, 1.54) is 0 Å². The first kappa shape index (κ1) is 17.5. The average molecular weight is 380 g/mol. The van der Waals surface area contributed by atoms with E-state index >= 15 is 0 Å². The van der Waals surface area contributed by atoms with Crippen molar-refractivity contribution in [3.63, 3.8) is 0 Å². The summed E-state index contributed by atoms with van der Waals surface area (Å²) in [5, 5.41) is 6.46. The number of benzene rings is 2. The van der Waals surface area contributed by atoms with Crippen molar-refractivity contribution in [2.45, 2.75) is 26.0 Å². The lowest BCUT2D eigenvalue weighted by atomic mass is 10.1. The first-order chi connectivity index (χ1) is 13.1. The minimum absolute atomic E-state index is 0.118. The third-order valence-electron chi connectivity index (χ3n) is 4.66. The summed E-state index contributed by atoms with van der Waals surface area (Å²) < 4.78 is 6.93. The highest BCUT2D eigenvalue weighted by Gasteiger charge is 2.27. The van der Waals surface area contributed by atoms with E-state index in [2.05, 4.69) is 10.6 Å². The molecule has 0 saturated carbocycles. The number of carbonyl (C=O) groups is 2. The van der Waals surface area contributed by atoms with E-state index in [4.69, 9.17) is 4.74 Å². The van der Waals surface area contributed by atoms with E-state index in [1.54, 1.807) is 11.3 Å². The van der Waals surface area contributed by atoms with Crippen LogP contribution >= 0.6 is 11.3 Å². The number of amides is 2. The number of ether oxygens (including phenoxy) is 1. The van der Waals surface area contributed by atoms with Gasteiger partial charge in [0, 0.05) is 21.5 Å². The third-order valence-corrected chi connectivity index (χ3v) is 5.75. The Hall–Kier alpha value is -2.86. The Balaban J connectivity index is 1.57. The molecule has 1 aliphatic heterocycles. The number of rotatable bonds is 5. The standard InChI is InChI=1S/C21H20N2O3S/c1-13-19(21(25)23-17-9-10-22-20(17)24)16-11-15(7-8-18(16)27-13)26-12-14-5-3-2-4-6-14/h2-8,11,17H,9-10,12H2,1H3,(H,22,24)(H,23,25)/t17-/m0/s1. The molecule has 1 aliphatic rings. The summed E-state index contributed by atoms with van der Waals surface area (Å²) >= 11 is 1.57. The summed E-state index contributed by atoms with van der Waals surface area (Å²) in [5.74, 6) is 0.394. The number of fused-ring (bicyclic) bond motifs is 1. The van der Waals surface area contributed by atoms with E-state index < -0.39 is 6.04 Å². The first-order valence-electron chi connectivity index (χ1n) is 8.90. The fourth-order valence-corrected chi connectivity index (χ4v) is 4.32. The number of thiophene rings is 1. The Morgan fingerprint density at radius 2 is 2.07 bits per heavy atom. The van der Waals surface area contributed by atoms with Crippen molar-refractivity contribution in [3.05, 3.63) is 64.5 Å². The van der Waals surface area contributed by atoms with Gasteiger partial charge >= 0.3 is 0 Å². The molecule has 2 N–H and O–H groups in total. The molecule has 27 heavy (non-hydrogen) atoms. The zero-order chi connectivity index (χ0) is 18.8.